The van der Waals surface area contributed by atoms with Crippen molar-refractivity contribution in [2.75, 3.05) is 33.9 Å². The zero-order valence-electron chi connectivity index (χ0n) is 12.3. The Morgan fingerprint density at radius 2 is 2.19 bits per heavy atom. The van der Waals surface area contributed by atoms with Crippen molar-refractivity contribution in [3.63, 3.8) is 0 Å². The van der Waals surface area contributed by atoms with E-state index in [0.29, 0.717) is 30.5 Å². The molecule has 0 saturated heterocycles. The topological polar surface area (TPSA) is 64.8 Å². The minimum Gasteiger partial charge on any atom is -0.492 e. The molecule has 1 amide bonds. The molecule has 0 aliphatic carbocycles. The maximum Gasteiger partial charge on any atom is 0.225 e. The van der Waals surface area contributed by atoms with Gasteiger partial charge >= 0.3 is 0 Å². The number of ether oxygens (including phenoxy) is 2. The predicted octanol–water partition coefficient (Wildman–Crippen LogP) is 1.96. The van der Waals surface area contributed by atoms with Crippen LogP contribution < -0.4 is 10.5 Å². The summed E-state index contributed by atoms with van der Waals surface area (Å²) >= 11 is 5.86. The van der Waals surface area contributed by atoms with Crippen molar-refractivity contribution < 1.29 is 14.3 Å². The fourth-order valence-corrected chi connectivity index (χ4v) is 1.78. The van der Waals surface area contributed by atoms with Crippen LogP contribution in [0.3, 0.4) is 0 Å². The van der Waals surface area contributed by atoms with Crippen molar-refractivity contribution in [3.05, 3.63) is 29.3 Å². The van der Waals surface area contributed by atoms with Gasteiger partial charge in [-0.2, -0.15) is 0 Å². The number of rotatable bonds is 8. The molecule has 0 saturated carbocycles. The first-order valence-corrected chi connectivity index (χ1v) is 6.79. The molecule has 0 radical (unpaired) electrons. The van der Waals surface area contributed by atoms with Gasteiger partial charge in [0.1, 0.15) is 12.4 Å². The summed E-state index contributed by atoms with van der Waals surface area (Å²) < 4.78 is 10.6. The van der Waals surface area contributed by atoms with Crippen LogP contribution >= 0.6 is 24.0 Å². The molecular weight excluding hydrogens is 315 g/mol. The maximum absolute atomic E-state index is 11.9. The van der Waals surface area contributed by atoms with Gasteiger partial charge in [-0.05, 0) is 18.2 Å². The van der Waals surface area contributed by atoms with Gasteiger partial charge in [0.25, 0.3) is 0 Å². The van der Waals surface area contributed by atoms with Gasteiger partial charge in [-0.3, -0.25) is 4.79 Å². The Balaban J connectivity index is 0.00000400. The number of amides is 1. The maximum atomic E-state index is 11.9. The molecule has 0 aromatic heterocycles. The van der Waals surface area contributed by atoms with Crippen LogP contribution in [0.5, 0.6) is 5.75 Å². The average Bonchev–Trinajstić information content (AvgIpc) is 2.44. The molecule has 0 heterocycles. The zero-order chi connectivity index (χ0) is 15.0. The van der Waals surface area contributed by atoms with Crippen LogP contribution in [-0.2, 0) is 9.53 Å². The molecule has 21 heavy (non-hydrogen) atoms. The first kappa shape index (κ1) is 20.0. The van der Waals surface area contributed by atoms with Crippen molar-refractivity contribution >= 4 is 29.9 Å². The van der Waals surface area contributed by atoms with Crippen molar-refractivity contribution in [2.45, 2.75) is 12.5 Å². The molecule has 1 atom stereocenters. The highest BCUT2D eigenvalue weighted by Crippen LogP contribution is 2.16. The molecule has 2 N–H and O–H groups in total. The van der Waals surface area contributed by atoms with Gasteiger partial charge in [0, 0.05) is 25.7 Å². The largest absolute Gasteiger partial charge is 0.492 e. The van der Waals surface area contributed by atoms with Crippen LogP contribution in [0.4, 0.5) is 0 Å². The molecule has 1 aromatic carbocycles. The lowest BCUT2D eigenvalue weighted by Crippen LogP contribution is -2.35. The lowest BCUT2D eigenvalue weighted by atomic mass is 10.2. The third kappa shape index (κ3) is 7.52. The number of methoxy groups -OCH3 is 1. The third-order valence-electron chi connectivity index (χ3n) is 2.92. The van der Waals surface area contributed by atoms with E-state index in [2.05, 4.69) is 0 Å². The third-order valence-corrected chi connectivity index (χ3v) is 3.15. The van der Waals surface area contributed by atoms with E-state index in [4.69, 9.17) is 26.8 Å². The van der Waals surface area contributed by atoms with E-state index in [-0.39, 0.29) is 30.8 Å². The van der Waals surface area contributed by atoms with E-state index in [1.54, 1.807) is 31.2 Å². The minimum atomic E-state index is -0.237. The quantitative estimate of drug-likeness (QED) is 0.788. The molecular formula is C14H22Cl2N2O3. The summed E-state index contributed by atoms with van der Waals surface area (Å²) in [5, 5.41) is 0.623. The van der Waals surface area contributed by atoms with Gasteiger partial charge in [0.05, 0.1) is 19.1 Å². The van der Waals surface area contributed by atoms with Crippen molar-refractivity contribution in [2.24, 2.45) is 5.73 Å². The molecule has 0 aliphatic heterocycles. The van der Waals surface area contributed by atoms with Crippen LogP contribution in [0.1, 0.15) is 6.42 Å². The van der Waals surface area contributed by atoms with E-state index in [1.165, 1.54) is 0 Å². The Bertz CT molecular complexity index is 428. The average molecular weight is 337 g/mol. The number of nitrogens with zero attached hydrogens (tertiary/aromatic N) is 1. The SMILES string of the molecule is COC(CN)CC(=O)N(C)CCOc1cccc(Cl)c1.Cl. The minimum absolute atomic E-state index is 0. The van der Waals surface area contributed by atoms with Gasteiger partial charge < -0.3 is 20.1 Å². The van der Waals surface area contributed by atoms with Gasteiger partial charge in [-0.1, -0.05) is 17.7 Å². The number of hydrogen-bond acceptors (Lipinski definition) is 4. The lowest BCUT2D eigenvalue weighted by Gasteiger charge is -2.20. The number of nitrogens with two attached hydrogens (primary N) is 1. The Morgan fingerprint density at radius 1 is 1.48 bits per heavy atom. The molecule has 1 rings (SSSR count). The van der Waals surface area contributed by atoms with E-state index in [1.807, 2.05) is 12.1 Å². The van der Waals surface area contributed by atoms with Crippen LogP contribution in [0.2, 0.25) is 5.02 Å². The molecule has 0 aliphatic rings. The number of benzene rings is 1. The Kier molecular flexibility index (Phi) is 10.2. The normalized spacial score (nSPS) is 11.4. The van der Waals surface area contributed by atoms with Crippen LogP contribution in [0, 0.1) is 0 Å². The summed E-state index contributed by atoms with van der Waals surface area (Å²) in [4.78, 5) is 13.5. The summed E-state index contributed by atoms with van der Waals surface area (Å²) in [6, 6.07) is 7.15. The Morgan fingerprint density at radius 3 is 2.76 bits per heavy atom. The fourth-order valence-electron chi connectivity index (χ4n) is 1.60. The number of carbonyl (C=O) groups excluding carboxylic acids is 1. The molecule has 5 nitrogen and oxygen atoms in total. The Hall–Kier alpha value is -1.01. The van der Waals surface area contributed by atoms with E-state index in [0.717, 1.165) is 0 Å². The summed E-state index contributed by atoms with van der Waals surface area (Å²) in [6.45, 7) is 1.23. The van der Waals surface area contributed by atoms with Gasteiger partial charge in [-0.15, -0.1) is 12.4 Å². The second-order valence-electron chi connectivity index (χ2n) is 4.42. The summed E-state index contributed by atoms with van der Waals surface area (Å²) in [6.07, 6.45) is 0.0412. The van der Waals surface area contributed by atoms with Crippen LogP contribution in [0.15, 0.2) is 24.3 Å². The summed E-state index contributed by atoms with van der Waals surface area (Å²) in [7, 11) is 3.28. The number of carbonyl (C=O) groups is 1. The fraction of sp³-hybridized carbons (Fsp3) is 0.500. The highest BCUT2D eigenvalue weighted by molar-refractivity contribution is 6.30. The number of hydrogen-bond donors (Lipinski definition) is 1. The predicted molar refractivity (Wildman–Crippen MR) is 86.3 cm³/mol. The molecule has 0 bridgehead atoms. The van der Waals surface area contributed by atoms with Crippen molar-refractivity contribution in [3.8, 4) is 5.75 Å². The second-order valence-corrected chi connectivity index (χ2v) is 4.86. The van der Waals surface area contributed by atoms with Gasteiger partial charge in [0.2, 0.25) is 5.91 Å². The zero-order valence-corrected chi connectivity index (χ0v) is 13.8. The van der Waals surface area contributed by atoms with Crippen LogP contribution in [0.25, 0.3) is 0 Å². The highest BCUT2D eigenvalue weighted by atomic mass is 35.5. The first-order valence-electron chi connectivity index (χ1n) is 6.42. The summed E-state index contributed by atoms with van der Waals surface area (Å²) in [5.74, 6) is 0.673. The molecule has 1 aromatic rings. The van der Waals surface area contributed by atoms with Gasteiger partial charge in [-0.25, -0.2) is 0 Å². The highest BCUT2D eigenvalue weighted by Gasteiger charge is 2.15. The molecule has 1 unspecified atom stereocenters. The van der Waals surface area contributed by atoms with Crippen LogP contribution in [-0.4, -0.2) is 50.8 Å². The van der Waals surface area contributed by atoms with E-state index in [9.17, 15) is 4.79 Å². The van der Waals surface area contributed by atoms with E-state index >= 15 is 0 Å². The second kappa shape index (κ2) is 10.7. The van der Waals surface area contributed by atoms with Crippen molar-refractivity contribution in [1.29, 1.82) is 0 Å². The molecule has 0 spiro atoms. The molecule has 0 fully saturated rings. The standard InChI is InChI=1S/C14H21ClN2O3.ClH/c1-17(14(18)9-13(10-16)19-2)6-7-20-12-5-3-4-11(15)8-12;/h3-5,8,13H,6-7,9-10,16H2,1-2H3;1H. The van der Waals surface area contributed by atoms with E-state index < -0.39 is 0 Å². The Labute approximate surface area is 136 Å². The number of likely N-dealkylation sites (N-methyl/N-ethyl adjacent to an activating group) is 1. The first-order chi connectivity index (χ1) is 9.56. The lowest BCUT2D eigenvalue weighted by molar-refractivity contribution is -0.132. The van der Waals surface area contributed by atoms with Gasteiger partial charge in [0.15, 0.2) is 0 Å². The molecule has 7 heteroatoms. The molecule has 120 valence electrons. The summed E-state index contributed by atoms with van der Waals surface area (Å²) in [5.41, 5.74) is 5.49. The smallest absolute Gasteiger partial charge is 0.225 e. The monoisotopic (exact) mass is 336 g/mol. The van der Waals surface area contributed by atoms with Crippen molar-refractivity contribution in [1.82, 2.24) is 4.90 Å². The number of halogens is 2.